The van der Waals surface area contributed by atoms with Gasteiger partial charge in [0.1, 0.15) is 5.82 Å². The maximum atomic E-state index is 14.0. The van der Waals surface area contributed by atoms with Gasteiger partial charge in [0.2, 0.25) is 0 Å². The molecule has 0 bridgehead atoms. The minimum atomic E-state index is -0.363. The van der Waals surface area contributed by atoms with Gasteiger partial charge in [-0.15, -0.1) is 0 Å². The summed E-state index contributed by atoms with van der Waals surface area (Å²) in [6.07, 6.45) is 9.69. The fraction of sp³-hybridized carbons (Fsp3) is 0.360. The van der Waals surface area contributed by atoms with Gasteiger partial charge in [0.05, 0.1) is 10.6 Å². The molecule has 1 N–H and O–H groups in total. The second-order valence-corrected chi connectivity index (χ2v) is 9.28. The van der Waals surface area contributed by atoms with Crippen molar-refractivity contribution in [2.75, 3.05) is 11.9 Å². The Morgan fingerprint density at radius 2 is 1.81 bits per heavy atom. The molecule has 1 aliphatic carbocycles. The highest BCUT2D eigenvalue weighted by atomic mass is 32.2. The van der Waals surface area contributed by atoms with E-state index in [4.69, 9.17) is 0 Å². The number of hydrogen-bond donors (Lipinski definition) is 1. The number of carbonyl (C=O) groups is 2. The molecular weight excluding hydrogens is 411 g/mol. The van der Waals surface area contributed by atoms with Crippen LogP contribution in [0.5, 0.6) is 0 Å². The Labute approximate surface area is 186 Å². The predicted molar refractivity (Wildman–Crippen MR) is 124 cm³/mol. The molecule has 0 radical (unpaired) electrons. The molecular formula is C25H27FN2O2S. The third-order valence-corrected chi connectivity index (χ3v) is 7.03. The molecule has 2 aromatic carbocycles. The average molecular weight is 439 g/mol. The zero-order chi connectivity index (χ0) is 21.8. The molecule has 4 nitrogen and oxygen atoms in total. The number of rotatable bonds is 3. The number of nitrogens with one attached hydrogen (secondary N) is 1. The van der Waals surface area contributed by atoms with Crippen LogP contribution in [0, 0.1) is 5.82 Å². The van der Waals surface area contributed by atoms with Gasteiger partial charge in [0.25, 0.3) is 11.8 Å². The van der Waals surface area contributed by atoms with E-state index >= 15 is 0 Å². The lowest BCUT2D eigenvalue weighted by Gasteiger charge is -2.27. The summed E-state index contributed by atoms with van der Waals surface area (Å²) in [6, 6.07) is 12.0. The van der Waals surface area contributed by atoms with Crippen LogP contribution in [0.15, 0.2) is 52.3 Å². The first-order valence-electron chi connectivity index (χ1n) is 10.9. The van der Waals surface area contributed by atoms with E-state index < -0.39 is 0 Å². The minimum absolute atomic E-state index is 0.0908. The number of anilines is 1. The van der Waals surface area contributed by atoms with Gasteiger partial charge in [-0.25, -0.2) is 4.39 Å². The second kappa shape index (κ2) is 9.69. The van der Waals surface area contributed by atoms with E-state index in [2.05, 4.69) is 5.32 Å². The van der Waals surface area contributed by atoms with E-state index in [0.29, 0.717) is 21.7 Å². The number of carbonyl (C=O) groups excluding carboxylic acids is 2. The molecule has 2 amide bonds. The SMILES string of the molecule is CN1C(=O)/C(=C/c2ccccc2F)Sc2ccc(C(=O)NC3CCCCCCC3)cc21. The number of benzene rings is 2. The third-order valence-electron chi connectivity index (χ3n) is 5.95. The number of amides is 2. The van der Waals surface area contributed by atoms with Crippen molar-refractivity contribution in [3.63, 3.8) is 0 Å². The van der Waals surface area contributed by atoms with Crippen molar-refractivity contribution in [2.24, 2.45) is 0 Å². The first-order chi connectivity index (χ1) is 15.0. The summed E-state index contributed by atoms with van der Waals surface area (Å²) in [4.78, 5) is 28.6. The minimum Gasteiger partial charge on any atom is -0.349 e. The Kier molecular flexibility index (Phi) is 6.76. The highest BCUT2D eigenvalue weighted by Gasteiger charge is 2.28. The van der Waals surface area contributed by atoms with Crippen LogP contribution in [0.4, 0.5) is 10.1 Å². The van der Waals surface area contributed by atoms with Gasteiger partial charge in [-0.3, -0.25) is 9.59 Å². The van der Waals surface area contributed by atoms with Crippen molar-refractivity contribution in [3.8, 4) is 0 Å². The molecule has 2 aromatic rings. The molecule has 162 valence electrons. The number of hydrogen-bond acceptors (Lipinski definition) is 3. The van der Waals surface area contributed by atoms with Crippen molar-refractivity contribution >= 4 is 35.3 Å². The standard InChI is InChI=1S/C25H27FN2O2S/c1-28-21-15-18(24(29)27-19-10-5-3-2-4-6-11-19)13-14-22(21)31-23(25(28)30)16-17-9-7-8-12-20(17)26/h7-9,12-16,19H,2-6,10-11H2,1H3,(H,27,29)/b23-16-. The molecule has 6 heteroatoms. The molecule has 0 atom stereocenters. The first-order valence-corrected chi connectivity index (χ1v) is 11.7. The van der Waals surface area contributed by atoms with E-state index in [9.17, 15) is 14.0 Å². The van der Waals surface area contributed by atoms with Gasteiger partial charge in [0.15, 0.2) is 0 Å². The summed E-state index contributed by atoms with van der Waals surface area (Å²) in [7, 11) is 1.69. The zero-order valence-electron chi connectivity index (χ0n) is 17.7. The summed E-state index contributed by atoms with van der Waals surface area (Å²) < 4.78 is 14.0. The Morgan fingerprint density at radius 3 is 2.55 bits per heavy atom. The third kappa shape index (κ3) is 5.01. The van der Waals surface area contributed by atoms with E-state index in [-0.39, 0.29) is 23.7 Å². The van der Waals surface area contributed by atoms with Gasteiger partial charge in [-0.05, 0) is 43.2 Å². The molecule has 0 unspecified atom stereocenters. The van der Waals surface area contributed by atoms with Crippen LogP contribution in [-0.4, -0.2) is 24.9 Å². The molecule has 1 heterocycles. The van der Waals surface area contributed by atoms with E-state index in [0.717, 1.165) is 30.6 Å². The Morgan fingerprint density at radius 1 is 1.10 bits per heavy atom. The van der Waals surface area contributed by atoms with Crippen molar-refractivity contribution in [2.45, 2.75) is 55.9 Å². The summed E-state index contributed by atoms with van der Waals surface area (Å²) in [6.45, 7) is 0. The summed E-state index contributed by atoms with van der Waals surface area (Å²) >= 11 is 1.31. The number of halogens is 1. The molecule has 1 aliphatic heterocycles. The Balaban J connectivity index is 1.53. The molecule has 4 rings (SSSR count). The molecule has 2 aliphatic rings. The lowest BCUT2D eigenvalue weighted by Crippen LogP contribution is -2.35. The van der Waals surface area contributed by atoms with Gasteiger partial charge < -0.3 is 10.2 Å². The van der Waals surface area contributed by atoms with E-state index in [1.54, 1.807) is 43.5 Å². The van der Waals surface area contributed by atoms with Crippen LogP contribution in [-0.2, 0) is 4.79 Å². The number of likely N-dealkylation sites (N-methyl/N-ethyl adjacent to an activating group) is 1. The van der Waals surface area contributed by atoms with Crippen LogP contribution in [0.25, 0.3) is 6.08 Å². The maximum absolute atomic E-state index is 14.0. The molecule has 1 fully saturated rings. The smallest absolute Gasteiger partial charge is 0.264 e. The largest absolute Gasteiger partial charge is 0.349 e. The second-order valence-electron chi connectivity index (χ2n) is 8.19. The fourth-order valence-corrected chi connectivity index (χ4v) is 5.22. The van der Waals surface area contributed by atoms with Crippen molar-refractivity contribution in [1.29, 1.82) is 0 Å². The highest BCUT2D eigenvalue weighted by molar-refractivity contribution is 8.04. The van der Waals surface area contributed by atoms with Crippen LogP contribution in [0.1, 0.15) is 60.9 Å². The Hall–Kier alpha value is -2.60. The van der Waals surface area contributed by atoms with Crippen LogP contribution >= 0.6 is 11.8 Å². The fourth-order valence-electron chi connectivity index (χ4n) is 4.14. The van der Waals surface area contributed by atoms with Crippen molar-refractivity contribution < 1.29 is 14.0 Å². The molecule has 0 spiro atoms. The van der Waals surface area contributed by atoms with Crippen LogP contribution in [0.2, 0.25) is 0 Å². The maximum Gasteiger partial charge on any atom is 0.264 e. The van der Waals surface area contributed by atoms with Gasteiger partial charge >= 0.3 is 0 Å². The lowest BCUT2D eigenvalue weighted by molar-refractivity contribution is -0.114. The Bertz CT molecular complexity index is 1010. The number of fused-ring (bicyclic) bond motifs is 1. The summed E-state index contributed by atoms with van der Waals surface area (Å²) in [5, 5.41) is 3.18. The summed E-state index contributed by atoms with van der Waals surface area (Å²) in [5.74, 6) is -0.664. The van der Waals surface area contributed by atoms with E-state index in [1.165, 1.54) is 42.0 Å². The van der Waals surface area contributed by atoms with E-state index in [1.807, 2.05) is 6.07 Å². The topological polar surface area (TPSA) is 49.4 Å². The number of nitrogens with zero attached hydrogens (tertiary/aromatic N) is 1. The average Bonchev–Trinajstić information content (AvgIpc) is 2.75. The van der Waals surface area contributed by atoms with Gasteiger partial charge in [-0.1, -0.05) is 62.1 Å². The van der Waals surface area contributed by atoms with Crippen LogP contribution in [0.3, 0.4) is 0 Å². The zero-order valence-corrected chi connectivity index (χ0v) is 18.5. The van der Waals surface area contributed by atoms with Crippen molar-refractivity contribution in [1.82, 2.24) is 5.32 Å². The predicted octanol–water partition coefficient (Wildman–Crippen LogP) is 5.78. The first kappa shape index (κ1) is 21.6. The van der Waals surface area contributed by atoms with Crippen molar-refractivity contribution in [3.05, 3.63) is 64.3 Å². The molecule has 1 saturated carbocycles. The molecule has 31 heavy (non-hydrogen) atoms. The van der Waals surface area contributed by atoms with Crippen LogP contribution < -0.4 is 10.2 Å². The number of thioether (sulfide) groups is 1. The lowest BCUT2D eigenvalue weighted by atomic mass is 9.96. The van der Waals surface area contributed by atoms with Gasteiger partial charge in [-0.2, -0.15) is 0 Å². The highest BCUT2D eigenvalue weighted by Crippen LogP contribution is 2.42. The molecule has 0 aromatic heterocycles. The summed E-state index contributed by atoms with van der Waals surface area (Å²) in [5.41, 5.74) is 1.64. The van der Waals surface area contributed by atoms with Gasteiger partial charge in [0, 0.05) is 29.1 Å². The molecule has 0 saturated heterocycles. The monoisotopic (exact) mass is 438 g/mol. The normalized spacial score (nSPS) is 19.0. The quantitative estimate of drug-likeness (QED) is 0.618.